The first-order valence-electron chi connectivity index (χ1n) is 14.7. The Bertz CT molecular complexity index is 1610. The van der Waals surface area contributed by atoms with Gasteiger partial charge in [-0.1, -0.05) is 6.07 Å². The number of carbonyl (C=O) groups is 2. The standard InChI is InChI=1S/C32H38N6O4/c1-22-15-26(36(3)18-22)27(39)17-24-16-25(7-6-23(24)2)42-31-9-8-29-33-28(19-38(29)35-31)34-30(40)5-4-12-37-13-10-32(11-14-37)20-41-21-32/h6-9,15-16,18-19H,4-5,10-14,17,20-21H2,1-3H3,(H,34,40). The molecule has 5 heterocycles. The molecule has 0 atom stereocenters. The summed E-state index contributed by atoms with van der Waals surface area (Å²) in [4.78, 5) is 32.4. The third-order valence-corrected chi connectivity index (χ3v) is 8.50. The molecule has 4 aromatic rings. The predicted octanol–water partition coefficient (Wildman–Crippen LogP) is 4.73. The summed E-state index contributed by atoms with van der Waals surface area (Å²) in [7, 11) is 1.89. The summed E-state index contributed by atoms with van der Waals surface area (Å²) in [6, 6.07) is 11.1. The molecule has 2 fully saturated rings. The van der Waals surface area contributed by atoms with Crippen LogP contribution in [-0.4, -0.2) is 68.6 Å². The Labute approximate surface area is 245 Å². The fourth-order valence-electron chi connectivity index (χ4n) is 5.87. The Morgan fingerprint density at radius 2 is 1.88 bits per heavy atom. The number of Topliss-reactive ketones (excluding diaryl/α,β-unsaturated/α-hetero) is 1. The summed E-state index contributed by atoms with van der Waals surface area (Å²) in [5.41, 5.74) is 4.71. The van der Waals surface area contributed by atoms with Crippen molar-refractivity contribution in [3.8, 4) is 11.6 Å². The van der Waals surface area contributed by atoms with Crippen molar-refractivity contribution in [2.45, 2.75) is 46.0 Å². The SMILES string of the molecule is Cc1cc(C(=O)Cc2cc(Oc3ccc4nc(NC(=O)CCCN5CCC6(CC5)COC6)cn4n3)ccc2C)n(C)c1. The summed E-state index contributed by atoms with van der Waals surface area (Å²) in [5.74, 6) is 1.44. The van der Waals surface area contributed by atoms with Gasteiger partial charge >= 0.3 is 0 Å². The van der Waals surface area contributed by atoms with Crippen molar-refractivity contribution < 1.29 is 19.1 Å². The molecule has 1 amide bonds. The van der Waals surface area contributed by atoms with Gasteiger partial charge in [0.05, 0.1) is 25.1 Å². The second kappa shape index (κ2) is 11.7. The van der Waals surface area contributed by atoms with Crippen LogP contribution in [-0.2, 0) is 23.0 Å². The molecule has 220 valence electrons. The van der Waals surface area contributed by atoms with Gasteiger partial charge in [0.25, 0.3) is 0 Å². The van der Waals surface area contributed by atoms with Crippen molar-refractivity contribution in [3.63, 3.8) is 0 Å². The second-order valence-electron chi connectivity index (χ2n) is 11.9. The Balaban J connectivity index is 1.03. The molecule has 1 spiro atoms. The van der Waals surface area contributed by atoms with E-state index in [1.165, 1.54) is 12.8 Å². The van der Waals surface area contributed by atoms with E-state index in [1.807, 2.05) is 55.9 Å². The Morgan fingerprint density at radius 1 is 1.07 bits per heavy atom. The highest BCUT2D eigenvalue weighted by atomic mass is 16.5. The maximum atomic E-state index is 12.9. The molecule has 2 aliphatic rings. The number of piperidine rings is 1. The number of aryl methyl sites for hydroxylation is 3. The average molecular weight is 571 g/mol. The number of hydrogen-bond donors (Lipinski definition) is 1. The zero-order chi connectivity index (χ0) is 29.3. The molecule has 42 heavy (non-hydrogen) atoms. The lowest BCUT2D eigenvalue weighted by molar-refractivity contribution is -0.139. The number of carbonyl (C=O) groups excluding carboxylic acids is 2. The molecular weight excluding hydrogens is 532 g/mol. The fraction of sp³-hybridized carbons (Fsp3) is 0.438. The number of ketones is 1. The van der Waals surface area contributed by atoms with E-state index in [1.54, 1.807) is 22.8 Å². The van der Waals surface area contributed by atoms with E-state index in [0.29, 0.717) is 40.6 Å². The second-order valence-corrected chi connectivity index (χ2v) is 11.9. The van der Waals surface area contributed by atoms with Crippen molar-refractivity contribution in [1.82, 2.24) is 24.1 Å². The van der Waals surface area contributed by atoms with Crippen LogP contribution in [0.15, 0.2) is 48.8 Å². The minimum Gasteiger partial charge on any atom is -0.438 e. The number of hydrogen-bond acceptors (Lipinski definition) is 7. The molecule has 2 saturated heterocycles. The van der Waals surface area contributed by atoms with E-state index in [9.17, 15) is 9.59 Å². The number of anilines is 1. The lowest BCUT2D eigenvalue weighted by Crippen LogP contribution is -2.50. The van der Waals surface area contributed by atoms with Crippen LogP contribution >= 0.6 is 0 Å². The molecule has 1 N–H and O–H groups in total. The van der Waals surface area contributed by atoms with E-state index >= 15 is 0 Å². The van der Waals surface area contributed by atoms with Gasteiger partial charge in [0.1, 0.15) is 5.75 Å². The lowest BCUT2D eigenvalue weighted by atomic mass is 9.77. The molecule has 0 saturated carbocycles. The number of imidazole rings is 1. The third-order valence-electron chi connectivity index (χ3n) is 8.50. The Kier molecular flexibility index (Phi) is 7.83. The topological polar surface area (TPSA) is 103 Å². The Hall–Kier alpha value is -4.02. The Morgan fingerprint density at radius 3 is 2.60 bits per heavy atom. The number of nitrogens with zero attached hydrogens (tertiary/aromatic N) is 5. The normalized spacial score (nSPS) is 16.5. The lowest BCUT2D eigenvalue weighted by Gasteiger charge is -2.47. The molecular formula is C32H38N6O4. The van der Waals surface area contributed by atoms with Crippen molar-refractivity contribution in [3.05, 3.63) is 71.2 Å². The number of nitrogens with one attached hydrogen (secondary N) is 1. The molecule has 10 nitrogen and oxygen atoms in total. The largest absolute Gasteiger partial charge is 0.438 e. The van der Waals surface area contributed by atoms with Gasteiger partial charge in [0.15, 0.2) is 17.2 Å². The monoisotopic (exact) mass is 570 g/mol. The van der Waals surface area contributed by atoms with Gasteiger partial charge in [-0.2, -0.15) is 0 Å². The van der Waals surface area contributed by atoms with Crippen LogP contribution in [0.4, 0.5) is 5.82 Å². The summed E-state index contributed by atoms with van der Waals surface area (Å²) in [5, 5.41) is 7.42. The highest BCUT2D eigenvalue weighted by Crippen LogP contribution is 2.38. The van der Waals surface area contributed by atoms with Gasteiger partial charge in [-0.05, 0) is 93.7 Å². The molecule has 0 radical (unpaired) electrons. The number of ether oxygens (including phenoxy) is 2. The van der Waals surface area contributed by atoms with Crippen LogP contribution in [0.25, 0.3) is 5.65 Å². The predicted molar refractivity (Wildman–Crippen MR) is 159 cm³/mol. The van der Waals surface area contributed by atoms with Crippen LogP contribution in [0.5, 0.6) is 11.6 Å². The molecule has 3 aromatic heterocycles. The molecule has 0 unspecified atom stereocenters. The third kappa shape index (κ3) is 6.24. The number of aromatic nitrogens is 4. The average Bonchev–Trinajstić information content (AvgIpc) is 3.50. The summed E-state index contributed by atoms with van der Waals surface area (Å²) in [6.45, 7) is 8.89. The van der Waals surface area contributed by atoms with E-state index in [-0.39, 0.29) is 18.1 Å². The van der Waals surface area contributed by atoms with E-state index in [2.05, 4.69) is 20.3 Å². The fourth-order valence-corrected chi connectivity index (χ4v) is 5.87. The number of likely N-dealkylation sites (tertiary alicyclic amines) is 1. The van der Waals surface area contributed by atoms with Crippen LogP contribution in [0.3, 0.4) is 0 Å². The molecule has 6 rings (SSSR count). The summed E-state index contributed by atoms with van der Waals surface area (Å²) in [6.07, 6.45) is 7.56. The van der Waals surface area contributed by atoms with Crippen LogP contribution < -0.4 is 10.1 Å². The van der Waals surface area contributed by atoms with Gasteiger partial charge in [0, 0.05) is 37.6 Å². The highest BCUT2D eigenvalue weighted by molar-refractivity contribution is 5.96. The van der Waals surface area contributed by atoms with Crippen LogP contribution in [0.2, 0.25) is 0 Å². The number of rotatable bonds is 10. The highest BCUT2D eigenvalue weighted by Gasteiger charge is 2.40. The number of fused-ring (bicyclic) bond motifs is 1. The van der Waals surface area contributed by atoms with Gasteiger partial charge < -0.3 is 24.3 Å². The zero-order valence-electron chi connectivity index (χ0n) is 24.6. The van der Waals surface area contributed by atoms with E-state index in [4.69, 9.17) is 9.47 Å². The van der Waals surface area contributed by atoms with E-state index in [0.717, 1.165) is 56.0 Å². The summed E-state index contributed by atoms with van der Waals surface area (Å²) < 4.78 is 14.9. The first kappa shape index (κ1) is 28.1. The molecule has 2 aliphatic heterocycles. The van der Waals surface area contributed by atoms with Gasteiger partial charge in [0.2, 0.25) is 11.8 Å². The zero-order valence-corrected chi connectivity index (χ0v) is 24.6. The smallest absolute Gasteiger partial charge is 0.237 e. The molecule has 10 heteroatoms. The first-order chi connectivity index (χ1) is 20.2. The quantitative estimate of drug-likeness (QED) is 0.275. The van der Waals surface area contributed by atoms with Crippen LogP contribution in [0, 0.1) is 19.3 Å². The minimum atomic E-state index is -0.0528. The minimum absolute atomic E-state index is 0.0528. The van der Waals surface area contributed by atoms with Gasteiger partial charge in [-0.15, -0.1) is 5.10 Å². The van der Waals surface area contributed by atoms with Crippen molar-refractivity contribution in [2.24, 2.45) is 12.5 Å². The number of benzene rings is 1. The van der Waals surface area contributed by atoms with Crippen LogP contribution in [0.1, 0.15) is 52.9 Å². The maximum Gasteiger partial charge on any atom is 0.237 e. The van der Waals surface area contributed by atoms with E-state index < -0.39 is 0 Å². The maximum absolute atomic E-state index is 12.9. The molecule has 0 bridgehead atoms. The summed E-state index contributed by atoms with van der Waals surface area (Å²) >= 11 is 0. The van der Waals surface area contributed by atoms with Crippen molar-refractivity contribution >= 4 is 23.2 Å². The van der Waals surface area contributed by atoms with Gasteiger partial charge in [-0.3, -0.25) is 9.59 Å². The molecule has 1 aromatic carbocycles. The number of amides is 1. The van der Waals surface area contributed by atoms with Gasteiger partial charge in [-0.25, -0.2) is 9.50 Å². The first-order valence-corrected chi connectivity index (χ1v) is 14.7. The molecule has 0 aliphatic carbocycles. The van der Waals surface area contributed by atoms with Crippen molar-refractivity contribution in [2.75, 3.05) is 38.2 Å². The van der Waals surface area contributed by atoms with Crippen molar-refractivity contribution in [1.29, 1.82) is 0 Å².